The monoisotopic (exact) mass is 362 g/mol. The zero-order valence-electron chi connectivity index (χ0n) is 13.7. The molecule has 132 valence electrons. The number of urea groups is 1. The van der Waals surface area contributed by atoms with Crippen LogP contribution in [0.4, 0.5) is 14.9 Å². The van der Waals surface area contributed by atoms with Crippen molar-refractivity contribution in [3.8, 4) is 0 Å². The number of hydrogen-bond donors (Lipinski definition) is 2. The standard InChI is InChI=1S/C19H20ClFN2O2/c20-16-12-15(6-7-17(16)21)22-19(25)23-10-8-14(9-11-23)18(24)13-4-2-1-3-5-13/h1-7,12,14,18,24H,8-11H2,(H,22,25). The van der Waals surface area contributed by atoms with Crippen LogP contribution in [0.5, 0.6) is 0 Å². The zero-order chi connectivity index (χ0) is 17.8. The summed E-state index contributed by atoms with van der Waals surface area (Å²) in [7, 11) is 0. The highest BCUT2D eigenvalue weighted by molar-refractivity contribution is 6.31. The van der Waals surface area contributed by atoms with Crippen molar-refractivity contribution >= 4 is 23.3 Å². The van der Waals surface area contributed by atoms with Gasteiger partial charge < -0.3 is 15.3 Å². The van der Waals surface area contributed by atoms with Gasteiger partial charge in [0.2, 0.25) is 0 Å². The second kappa shape index (κ2) is 7.85. The Kier molecular flexibility index (Phi) is 5.56. The van der Waals surface area contributed by atoms with Crippen molar-refractivity contribution in [2.24, 2.45) is 5.92 Å². The van der Waals surface area contributed by atoms with Crippen molar-refractivity contribution in [3.63, 3.8) is 0 Å². The Morgan fingerprint density at radius 2 is 1.88 bits per heavy atom. The third-order valence-electron chi connectivity index (χ3n) is 4.59. The molecular formula is C19H20ClFN2O2. The Morgan fingerprint density at radius 3 is 2.52 bits per heavy atom. The Labute approximate surface area is 151 Å². The first-order chi connectivity index (χ1) is 12.0. The van der Waals surface area contributed by atoms with E-state index >= 15 is 0 Å². The third-order valence-corrected chi connectivity index (χ3v) is 4.87. The zero-order valence-corrected chi connectivity index (χ0v) is 14.4. The molecule has 3 rings (SSSR count). The molecule has 2 amide bonds. The van der Waals surface area contributed by atoms with Crippen LogP contribution in [0.2, 0.25) is 5.02 Å². The van der Waals surface area contributed by atoms with Gasteiger partial charge in [-0.2, -0.15) is 0 Å². The second-order valence-electron chi connectivity index (χ2n) is 6.24. The smallest absolute Gasteiger partial charge is 0.321 e. The Morgan fingerprint density at radius 1 is 1.20 bits per heavy atom. The molecule has 0 radical (unpaired) electrons. The molecule has 25 heavy (non-hydrogen) atoms. The van der Waals surface area contributed by atoms with Gasteiger partial charge in [-0.15, -0.1) is 0 Å². The lowest BCUT2D eigenvalue weighted by molar-refractivity contribution is 0.0683. The molecule has 0 aromatic heterocycles. The summed E-state index contributed by atoms with van der Waals surface area (Å²) in [6.45, 7) is 1.13. The van der Waals surface area contributed by atoms with Crippen LogP contribution in [-0.2, 0) is 0 Å². The number of benzene rings is 2. The minimum absolute atomic E-state index is 0.0255. The van der Waals surface area contributed by atoms with Crippen LogP contribution >= 0.6 is 11.6 Å². The second-order valence-corrected chi connectivity index (χ2v) is 6.65. The summed E-state index contributed by atoms with van der Waals surface area (Å²) in [6, 6.07) is 13.4. The van der Waals surface area contributed by atoms with Crippen LogP contribution in [0.25, 0.3) is 0 Å². The van der Waals surface area contributed by atoms with Gasteiger partial charge in [0.05, 0.1) is 11.1 Å². The Hall–Kier alpha value is -2.11. The summed E-state index contributed by atoms with van der Waals surface area (Å²) in [5.41, 5.74) is 1.37. The van der Waals surface area contributed by atoms with Gasteiger partial charge in [0.25, 0.3) is 0 Å². The van der Waals surface area contributed by atoms with E-state index in [1.165, 1.54) is 18.2 Å². The predicted octanol–water partition coefficient (Wildman–Crippen LogP) is 4.46. The molecule has 1 aliphatic heterocycles. The molecule has 0 saturated carbocycles. The highest BCUT2D eigenvalue weighted by Gasteiger charge is 2.28. The number of aliphatic hydroxyl groups excluding tert-OH is 1. The predicted molar refractivity (Wildman–Crippen MR) is 96.1 cm³/mol. The van der Waals surface area contributed by atoms with Crippen molar-refractivity contribution in [2.75, 3.05) is 18.4 Å². The van der Waals surface area contributed by atoms with Gasteiger partial charge in [-0.05, 0) is 42.5 Å². The van der Waals surface area contributed by atoms with Gasteiger partial charge in [0, 0.05) is 18.8 Å². The van der Waals surface area contributed by atoms with E-state index in [4.69, 9.17) is 11.6 Å². The molecule has 1 atom stereocenters. The number of nitrogens with zero attached hydrogens (tertiary/aromatic N) is 1. The van der Waals surface area contributed by atoms with Crippen molar-refractivity contribution in [1.29, 1.82) is 0 Å². The molecular weight excluding hydrogens is 343 g/mol. The first-order valence-electron chi connectivity index (χ1n) is 8.28. The average molecular weight is 363 g/mol. The van der Waals surface area contributed by atoms with E-state index in [0.29, 0.717) is 18.8 Å². The van der Waals surface area contributed by atoms with E-state index in [9.17, 15) is 14.3 Å². The summed E-state index contributed by atoms with van der Waals surface area (Å²) in [4.78, 5) is 14.0. The molecule has 1 saturated heterocycles. The van der Waals surface area contributed by atoms with Gasteiger partial charge in [-0.1, -0.05) is 41.9 Å². The number of carbonyl (C=O) groups excluding carboxylic acids is 1. The summed E-state index contributed by atoms with van der Waals surface area (Å²) in [6.07, 6.45) is 0.948. The number of carbonyl (C=O) groups is 1. The van der Waals surface area contributed by atoms with Crippen LogP contribution in [0.1, 0.15) is 24.5 Å². The van der Waals surface area contributed by atoms with Crippen molar-refractivity contribution in [3.05, 3.63) is 64.9 Å². The number of amides is 2. The van der Waals surface area contributed by atoms with Crippen LogP contribution in [0.3, 0.4) is 0 Å². The van der Waals surface area contributed by atoms with Gasteiger partial charge in [-0.3, -0.25) is 0 Å². The number of rotatable bonds is 3. The molecule has 1 fully saturated rings. The minimum atomic E-state index is -0.518. The first kappa shape index (κ1) is 17.7. The molecule has 2 aromatic rings. The molecule has 1 heterocycles. The summed E-state index contributed by atoms with van der Waals surface area (Å²) < 4.78 is 13.2. The molecule has 1 aliphatic rings. The van der Waals surface area contributed by atoms with Crippen LogP contribution in [0.15, 0.2) is 48.5 Å². The number of halogens is 2. The lowest BCUT2D eigenvalue weighted by Gasteiger charge is -2.34. The van der Waals surface area contributed by atoms with Gasteiger partial charge in [-0.25, -0.2) is 9.18 Å². The maximum absolute atomic E-state index is 13.2. The van der Waals surface area contributed by atoms with Gasteiger partial charge in [0.15, 0.2) is 0 Å². The third kappa shape index (κ3) is 4.30. The fourth-order valence-electron chi connectivity index (χ4n) is 3.12. The maximum Gasteiger partial charge on any atom is 0.321 e. The van der Waals surface area contributed by atoms with E-state index in [0.717, 1.165) is 18.4 Å². The highest BCUT2D eigenvalue weighted by Crippen LogP contribution is 2.30. The average Bonchev–Trinajstić information content (AvgIpc) is 2.65. The fraction of sp³-hybridized carbons (Fsp3) is 0.316. The molecule has 0 bridgehead atoms. The Balaban J connectivity index is 1.54. The van der Waals surface area contributed by atoms with Crippen LogP contribution < -0.4 is 5.32 Å². The van der Waals surface area contributed by atoms with Crippen molar-refractivity contribution in [2.45, 2.75) is 18.9 Å². The normalized spacial score (nSPS) is 16.5. The molecule has 4 nitrogen and oxygen atoms in total. The summed E-state index contributed by atoms with van der Waals surface area (Å²) >= 11 is 5.73. The Bertz CT molecular complexity index is 733. The fourth-order valence-corrected chi connectivity index (χ4v) is 3.30. The quantitative estimate of drug-likeness (QED) is 0.847. The van der Waals surface area contributed by atoms with Gasteiger partial charge >= 0.3 is 6.03 Å². The number of piperidine rings is 1. The lowest BCUT2D eigenvalue weighted by Crippen LogP contribution is -2.42. The number of nitrogens with one attached hydrogen (secondary N) is 1. The largest absolute Gasteiger partial charge is 0.388 e. The minimum Gasteiger partial charge on any atom is -0.388 e. The molecule has 2 aromatic carbocycles. The summed E-state index contributed by atoms with van der Waals surface area (Å²) in [5, 5.41) is 13.2. The van der Waals surface area contributed by atoms with Crippen molar-refractivity contribution in [1.82, 2.24) is 4.90 Å². The summed E-state index contributed by atoms with van der Waals surface area (Å²) in [5.74, 6) is -0.387. The molecule has 2 N–H and O–H groups in total. The number of likely N-dealkylation sites (tertiary alicyclic amines) is 1. The molecule has 1 unspecified atom stereocenters. The molecule has 0 spiro atoms. The van der Waals surface area contributed by atoms with Crippen LogP contribution in [-0.4, -0.2) is 29.1 Å². The highest BCUT2D eigenvalue weighted by atomic mass is 35.5. The molecule has 0 aliphatic carbocycles. The number of aliphatic hydroxyl groups is 1. The van der Waals surface area contributed by atoms with E-state index in [-0.39, 0.29) is 17.0 Å². The van der Waals surface area contributed by atoms with Gasteiger partial charge in [0.1, 0.15) is 5.82 Å². The van der Waals surface area contributed by atoms with Crippen molar-refractivity contribution < 1.29 is 14.3 Å². The molecule has 6 heteroatoms. The van der Waals surface area contributed by atoms with E-state index in [2.05, 4.69) is 5.32 Å². The van der Waals surface area contributed by atoms with E-state index in [1.54, 1.807) is 4.90 Å². The first-order valence-corrected chi connectivity index (χ1v) is 8.66. The number of hydrogen-bond acceptors (Lipinski definition) is 2. The lowest BCUT2D eigenvalue weighted by atomic mass is 9.87. The number of anilines is 1. The van der Waals surface area contributed by atoms with E-state index < -0.39 is 11.9 Å². The topological polar surface area (TPSA) is 52.6 Å². The van der Waals surface area contributed by atoms with Crippen LogP contribution in [0, 0.1) is 11.7 Å². The SMILES string of the molecule is O=C(Nc1ccc(F)c(Cl)c1)N1CCC(C(O)c2ccccc2)CC1. The van der Waals surface area contributed by atoms with E-state index in [1.807, 2.05) is 30.3 Å². The maximum atomic E-state index is 13.2.